The molecule has 0 saturated carbocycles. The van der Waals surface area contributed by atoms with Crippen molar-refractivity contribution in [3.05, 3.63) is 11.4 Å². The average Bonchev–Trinajstić information content (AvgIpc) is 2.34. The molecule has 3 heteroatoms. The highest BCUT2D eigenvalue weighted by atomic mass is 19.1. The molecular weight excluding hydrogens is 131 g/mol. The summed E-state index contributed by atoms with van der Waals surface area (Å²) >= 11 is 0. The fraction of sp³-hybridized carbons (Fsp3) is 0.714. The van der Waals surface area contributed by atoms with Gasteiger partial charge >= 0.3 is 0 Å². The van der Waals surface area contributed by atoms with Gasteiger partial charge in [0.05, 0.1) is 0 Å². The fourth-order valence-corrected chi connectivity index (χ4v) is 1.18. The SMILES string of the molecule is CN1CC/C(=C(/F)CN)C1. The maximum absolute atomic E-state index is 12.7. The van der Waals surface area contributed by atoms with Crippen LogP contribution in [0.3, 0.4) is 0 Å². The van der Waals surface area contributed by atoms with Crippen LogP contribution in [0.5, 0.6) is 0 Å². The van der Waals surface area contributed by atoms with E-state index in [-0.39, 0.29) is 12.4 Å². The third kappa shape index (κ3) is 1.55. The topological polar surface area (TPSA) is 29.3 Å². The first-order valence-electron chi connectivity index (χ1n) is 3.49. The summed E-state index contributed by atoms with van der Waals surface area (Å²) in [5.74, 6) is -0.121. The highest BCUT2D eigenvalue weighted by molar-refractivity contribution is 5.14. The van der Waals surface area contributed by atoms with Crippen molar-refractivity contribution in [2.45, 2.75) is 6.42 Å². The van der Waals surface area contributed by atoms with Gasteiger partial charge in [0.1, 0.15) is 5.83 Å². The van der Waals surface area contributed by atoms with Gasteiger partial charge in [0.25, 0.3) is 0 Å². The Morgan fingerprint density at radius 2 is 2.50 bits per heavy atom. The lowest BCUT2D eigenvalue weighted by molar-refractivity contribution is 0.423. The number of hydrogen-bond donors (Lipinski definition) is 1. The van der Waals surface area contributed by atoms with Gasteiger partial charge in [-0.05, 0) is 19.0 Å². The molecule has 0 aliphatic carbocycles. The molecule has 1 aliphatic heterocycles. The van der Waals surface area contributed by atoms with Crippen molar-refractivity contribution in [2.75, 3.05) is 26.7 Å². The molecule has 0 aromatic carbocycles. The highest BCUT2D eigenvalue weighted by Gasteiger charge is 2.15. The monoisotopic (exact) mass is 144 g/mol. The van der Waals surface area contributed by atoms with Gasteiger partial charge in [-0.25, -0.2) is 4.39 Å². The molecule has 1 fully saturated rings. The molecule has 2 nitrogen and oxygen atoms in total. The largest absolute Gasteiger partial charge is 0.325 e. The van der Waals surface area contributed by atoms with Gasteiger partial charge < -0.3 is 10.6 Å². The molecule has 0 amide bonds. The van der Waals surface area contributed by atoms with E-state index >= 15 is 0 Å². The average molecular weight is 144 g/mol. The standard InChI is InChI=1S/C7H13FN2/c1-10-3-2-6(5-10)7(8)4-9/h2-5,9H2,1H3/b7-6-. The number of likely N-dealkylation sites (N-methyl/N-ethyl adjacent to an activating group) is 1. The highest BCUT2D eigenvalue weighted by Crippen LogP contribution is 2.17. The van der Waals surface area contributed by atoms with Crippen LogP contribution in [0.2, 0.25) is 0 Å². The quantitative estimate of drug-likeness (QED) is 0.580. The van der Waals surface area contributed by atoms with Crippen LogP contribution in [-0.2, 0) is 0 Å². The second-order valence-electron chi connectivity index (χ2n) is 2.70. The molecule has 0 bridgehead atoms. The molecule has 0 aromatic rings. The minimum absolute atomic E-state index is 0.0587. The van der Waals surface area contributed by atoms with Gasteiger partial charge in [-0.1, -0.05) is 0 Å². The number of likely N-dealkylation sites (tertiary alicyclic amines) is 1. The molecule has 1 saturated heterocycles. The Morgan fingerprint density at radius 1 is 1.80 bits per heavy atom. The molecule has 2 N–H and O–H groups in total. The van der Waals surface area contributed by atoms with Gasteiger partial charge in [0, 0.05) is 19.6 Å². The normalized spacial score (nSPS) is 25.5. The van der Waals surface area contributed by atoms with Crippen LogP contribution in [0.1, 0.15) is 6.42 Å². The zero-order chi connectivity index (χ0) is 7.56. The molecular formula is C7H13FN2. The first-order valence-corrected chi connectivity index (χ1v) is 3.49. The van der Waals surface area contributed by atoms with Crippen LogP contribution in [0, 0.1) is 0 Å². The number of hydrogen-bond acceptors (Lipinski definition) is 2. The zero-order valence-electron chi connectivity index (χ0n) is 6.23. The third-order valence-electron chi connectivity index (χ3n) is 1.82. The molecule has 1 aliphatic rings. The summed E-state index contributed by atoms with van der Waals surface area (Å²) in [4.78, 5) is 2.09. The van der Waals surface area contributed by atoms with Crippen LogP contribution in [0.15, 0.2) is 11.4 Å². The maximum Gasteiger partial charge on any atom is 0.114 e. The summed E-state index contributed by atoms with van der Waals surface area (Å²) in [7, 11) is 1.98. The van der Waals surface area contributed by atoms with Gasteiger partial charge in [-0.3, -0.25) is 0 Å². The van der Waals surface area contributed by atoms with Crippen molar-refractivity contribution in [3.63, 3.8) is 0 Å². The number of rotatable bonds is 1. The van der Waals surface area contributed by atoms with Crippen molar-refractivity contribution in [3.8, 4) is 0 Å². The number of nitrogens with zero attached hydrogens (tertiary/aromatic N) is 1. The molecule has 58 valence electrons. The summed E-state index contributed by atoms with van der Waals surface area (Å²) in [5.41, 5.74) is 6.03. The minimum atomic E-state index is -0.121. The lowest BCUT2D eigenvalue weighted by Crippen LogP contribution is -2.12. The van der Waals surface area contributed by atoms with E-state index in [0.717, 1.165) is 25.1 Å². The van der Waals surface area contributed by atoms with E-state index in [4.69, 9.17) is 5.73 Å². The summed E-state index contributed by atoms with van der Waals surface area (Å²) in [5, 5.41) is 0. The first-order chi connectivity index (χ1) is 4.74. The van der Waals surface area contributed by atoms with Crippen molar-refractivity contribution >= 4 is 0 Å². The number of nitrogens with two attached hydrogens (primary N) is 1. The van der Waals surface area contributed by atoms with Gasteiger partial charge in [0.2, 0.25) is 0 Å². The van der Waals surface area contributed by atoms with E-state index in [1.807, 2.05) is 7.05 Å². The predicted octanol–water partition coefficient (Wildman–Crippen LogP) is 0.504. The second-order valence-corrected chi connectivity index (χ2v) is 2.70. The molecule has 0 radical (unpaired) electrons. The summed E-state index contributed by atoms with van der Waals surface area (Å²) in [6, 6.07) is 0. The minimum Gasteiger partial charge on any atom is -0.325 e. The maximum atomic E-state index is 12.7. The van der Waals surface area contributed by atoms with Gasteiger partial charge in [0.15, 0.2) is 0 Å². The molecule has 1 rings (SSSR count). The van der Waals surface area contributed by atoms with E-state index in [1.54, 1.807) is 0 Å². The molecule has 1 heterocycles. The second kappa shape index (κ2) is 3.12. The van der Waals surface area contributed by atoms with E-state index < -0.39 is 0 Å². The lowest BCUT2D eigenvalue weighted by atomic mass is 10.2. The third-order valence-corrected chi connectivity index (χ3v) is 1.82. The fourth-order valence-electron chi connectivity index (χ4n) is 1.18. The Bertz CT molecular complexity index is 154. The Kier molecular flexibility index (Phi) is 2.40. The molecule has 0 aromatic heterocycles. The lowest BCUT2D eigenvalue weighted by Gasteiger charge is -2.03. The van der Waals surface area contributed by atoms with E-state index in [9.17, 15) is 4.39 Å². The zero-order valence-corrected chi connectivity index (χ0v) is 6.23. The predicted molar refractivity (Wildman–Crippen MR) is 39.3 cm³/mol. The van der Waals surface area contributed by atoms with Crippen LogP contribution in [0.25, 0.3) is 0 Å². The van der Waals surface area contributed by atoms with Crippen LogP contribution < -0.4 is 5.73 Å². The van der Waals surface area contributed by atoms with E-state index in [2.05, 4.69) is 4.90 Å². The van der Waals surface area contributed by atoms with E-state index in [1.165, 1.54) is 0 Å². The summed E-state index contributed by atoms with van der Waals surface area (Å²) < 4.78 is 12.7. The summed E-state index contributed by atoms with van der Waals surface area (Å²) in [6.45, 7) is 1.77. The Labute approximate surface area is 60.5 Å². The van der Waals surface area contributed by atoms with Crippen molar-refractivity contribution in [2.24, 2.45) is 5.73 Å². The molecule has 0 atom stereocenters. The molecule has 0 spiro atoms. The van der Waals surface area contributed by atoms with Crippen molar-refractivity contribution < 1.29 is 4.39 Å². The van der Waals surface area contributed by atoms with Gasteiger partial charge in [-0.2, -0.15) is 0 Å². The smallest absolute Gasteiger partial charge is 0.114 e. The van der Waals surface area contributed by atoms with Gasteiger partial charge in [-0.15, -0.1) is 0 Å². The Balaban J connectivity index is 2.58. The van der Waals surface area contributed by atoms with Crippen LogP contribution >= 0.6 is 0 Å². The number of halogens is 1. The first kappa shape index (κ1) is 7.69. The van der Waals surface area contributed by atoms with Crippen molar-refractivity contribution in [1.29, 1.82) is 0 Å². The summed E-state index contributed by atoms with van der Waals surface area (Å²) in [6.07, 6.45) is 0.847. The molecule has 0 unspecified atom stereocenters. The molecule has 10 heavy (non-hydrogen) atoms. The Morgan fingerprint density at radius 3 is 2.90 bits per heavy atom. The van der Waals surface area contributed by atoms with Crippen LogP contribution in [-0.4, -0.2) is 31.6 Å². The van der Waals surface area contributed by atoms with Crippen LogP contribution in [0.4, 0.5) is 4.39 Å². The van der Waals surface area contributed by atoms with Crippen molar-refractivity contribution in [1.82, 2.24) is 4.90 Å². The van der Waals surface area contributed by atoms with E-state index in [0.29, 0.717) is 0 Å². The Hall–Kier alpha value is -0.410.